The average Bonchev–Trinajstić information content (AvgIpc) is 2.48. The molecule has 3 aromatic rings. The molecule has 0 saturated heterocycles. The van der Waals surface area contributed by atoms with Gasteiger partial charge in [0.25, 0.3) is 0 Å². The summed E-state index contributed by atoms with van der Waals surface area (Å²) in [4.78, 5) is 10.3. The van der Waals surface area contributed by atoms with E-state index >= 15 is 0 Å². The van der Waals surface area contributed by atoms with E-state index in [-0.39, 0.29) is 25.6 Å². The van der Waals surface area contributed by atoms with Gasteiger partial charge in [0.15, 0.2) is 0 Å². The second kappa shape index (κ2) is 5.98. The molecule has 0 aliphatic rings. The number of non-ortho nitro benzene ring substituents is 1. The van der Waals surface area contributed by atoms with Gasteiger partial charge in [0, 0.05) is 0 Å². The molecule has 0 atom stereocenters. The number of fused-ring (bicyclic) bond motifs is 1. The third-order valence-electron chi connectivity index (χ3n) is 3.09. The SMILES string of the molecule is O=[N+]([O-])c1ccc([Se]c2cccc3cccc(Br)c23)cc1. The summed E-state index contributed by atoms with van der Waals surface area (Å²) < 4.78 is 3.47. The molecule has 0 amide bonds. The predicted molar refractivity (Wildman–Crippen MR) is 89.8 cm³/mol. The quantitative estimate of drug-likeness (QED) is 0.381. The molecule has 0 N–H and O–H groups in total. The number of nitrogens with zero attached hydrogens (tertiary/aromatic N) is 1. The van der Waals surface area contributed by atoms with Gasteiger partial charge in [0.05, 0.1) is 0 Å². The fraction of sp³-hybridized carbons (Fsp3) is 0. The predicted octanol–water partition coefficient (Wildman–Crippen LogP) is 3.17. The zero-order valence-corrected chi connectivity index (χ0v) is 14.1. The molecule has 0 unspecified atom stereocenters. The second-order valence-corrected chi connectivity index (χ2v) is 7.64. The van der Waals surface area contributed by atoms with Crippen molar-refractivity contribution >= 4 is 56.3 Å². The molecule has 3 aromatic carbocycles. The number of halogens is 1. The van der Waals surface area contributed by atoms with Crippen LogP contribution in [0.1, 0.15) is 0 Å². The first-order valence-corrected chi connectivity index (χ1v) is 8.75. The van der Waals surface area contributed by atoms with Crippen LogP contribution in [-0.4, -0.2) is 19.9 Å². The Hall–Kier alpha value is -1.68. The summed E-state index contributed by atoms with van der Waals surface area (Å²) in [5, 5.41) is 13.1. The molecule has 3 rings (SSSR count). The maximum atomic E-state index is 10.7. The van der Waals surface area contributed by atoms with E-state index in [4.69, 9.17) is 0 Å². The number of hydrogen-bond acceptors (Lipinski definition) is 2. The van der Waals surface area contributed by atoms with Gasteiger partial charge in [-0.25, -0.2) is 0 Å². The van der Waals surface area contributed by atoms with E-state index < -0.39 is 0 Å². The zero-order valence-electron chi connectivity index (χ0n) is 10.8. The number of nitro benzene ring substituents is 1. The molecule has 0 aromatic heterocycles. The molecule has 0 saturated carbocycles. The summed E-state index contributed by atoms with van der Waals surface area (Å²) in [5.74, 6) is 0. The van der Waals surface area contributed by atoms with Gasteiger partial charge in [0.2, 0.25) is 0 Å². The van der Waals surface area contributed by atoms with Crippen molar-refractivity contribution in [1.29, 1.82) is 0 Å². The minimum absolute atomic E-state index is 0.110. The first-order chi connectivity index (χ1) is 10.1. The molecule has 0 bridgehead atoms. The van der Waals surface area contributed by atoms with Crippen molar-refractivity contribution in [3.63, 3.8) is 0 Å². The van der Waals surface area contributed by atoms with E-state index in [1.165, 1.54) is 15.2 Å². The normalized spacial score (nSPS) is 10.7. The number of rotatable bonds is 3. The van der Waals surface area contributed by atoms with Crippen LogP contribution in [0.5, 0.6) is 0 Å². The van der Waals surface area contributed by atoms with Crippen LogP contribution >= 0.6 is 15.9 Å². The van der Waals surface area contributed by atoms with E-state index in [1.54, 1.807) is 12.1 Å². The summed E-state index contributed by atoms with van der Waals surface area (Å²) in [6.45, 7) is 0. The van der Waals surface area contributed by atoms with Crippen molar-refractivity contribution in [1.82, 2.24) is 0 Å². The van der Waals surface area contributed by atoms with Crippen LogP contribution in [0.25, 0.3) is 10.8 Å². The second-order valence-electron chi connectivity index (χ2n) is 4.45. The van der Waals surface area contributed by atoms with Crippen LogP contribution in [0.4, 0.5) is 5.69 Å². The van der Waals surface area contributed by atoms with Crippen LogP contribution in [0, 0.1) is 10.1 Å². The van der Waals surface area contributed by atoms with Crippen molar-refractivity contribution in [2.75, 3.05) is 0 Å². The van der Waals surface area contributed by atoms with E-state index in [0.717, 1.165) is 8.93 Å². The van der Waals surface area contributed by atoms with Gasteiger partial charge in [-0.2, -0.15) is 0 Å². The van der Waals surface area contributed by atoms with E-state index in [9.17, 15) is 10.1 Å². The summed E-state index contributed by atoms with van der Waals surface area (Å²) >= 11 is 3.72. The van der Waals surface area contributed by atoms with Crippen molar-refractivity contribution in [3.05, 3.63) is 75.3 Å². The summed E-state index contributed by atoms with van der Waals surface area (Å²) in [6, 6.07) is 19.2. The third-order valence-corrected chi connectivity index (χ3v) is 5.99. The van der Waals surface area contributed by atoms with E-state index in [1.807, 2.05) is 24.3 Å². The van der Waals surface area contributed by atoms with Crippen molar-refractivity contribution in [2.24, 2.45) is 0 Å². The Morgan fingerprint density at radius 1 is 0.952 bits per heavy atom. The van der Waals surface area contributed by atoms with Crippen molar-refractivity contribution < 1.29 is 4.92 Å². The van der Waals surface area contributed by atoms with Crippen LogP contribution in [-0.2, 0) is 0 Å². The Labute approximate surface area is 136 Å². The monoisotopic (exact) mass is 407 g/mol. The molecule has 0 aliphatic heterocycles. The average molecular weight is 407 g/mol. The van der Waals surface area contributed by atoms with Gasteiger partial charge in [-0.1, -0.05) is 0 Å². The van der Waals surface area contributed by atoms with E-state index in [2.05, 4.69) is 40.2 Å². The van der Waals surface area contributed by atoms with Crippen LogP contribution < -0.4 is 8.92 Å². The third kappa shape index (κ3) is 3.00. The first kappa shape index (κ1) is 14.3. The molecule has 21 heavy (non-hydrogen) atoms. The minimum atomic E-state index is -0.370. The number of benzene rings is 3. The Morgan fingerprint density at radius 3 is 2.29 bits per heavy atom. The Bertz CT molecular complexity index is 813. The molecular weight excluding hydrogens is 397 g/mol. The van der Waals surface area contributed by atoms with Gasteiger partial charge in [-0.15, -0.1) is 0 Å². The summed E-state index contributed by atoms with van der Waals surface area (Å²) in [7, 11) is 0. The molecule has 0 fully saturated rings. The van der Waals surface area contributed by atoms with Gasteiger partial charge >= 0.3 is 136 Å². The van der Waals surface area contributed by atoms with Gasteiger partial charge in [0.1, 0.15) is 0 Å². The van der Waals surface area contributed by atoms with E-state index in [0.29, 0.717) is 0 Å². The molecular formula is C16H10BrNO2Se. The van der Waals surface area contributed by atoms with Gasteiger partial charge < -0.3 is 0 Å². The standard InChI is InChI=1S/C16H10BrNO2Se/c17-14-5-1-3-11-4-2-6-15(16(11)14)21-13-9-7-12(8-10-13)18(19)20/h1-10H. The molecule has 0 spiro atoms. The molecule has 0 aliphatic carbocycles. The zero-order chi connectivity index (χ0) is 14.8. The fourth-order valence-electron chi connectivity index (χ4n) is 2.11. The molecule has 0 radical (unpaired) electrons. The van der Waals surface area contributed by atoms with Crippen LogP contribution in [0.3, 0.4) is 0 Å². The maximum absolute atomic E-state index is 10.7. The molecule has 104 valence electrons. The van der Waals surface area contributed by atoms with Crippen LogP contribution in [0.15, 0.2) is 65.1 Å². The molecule has 5 heteroatoms. The topological polar surface area (TPSA) is 43.1 Å². The summed E-state index contributed by atoms with van der Waals surface area (Å²) in [6.07, 6.45) is 0. The van der Waals surface area contributed by atoms with Gasteiger partial charge in [-0.3, -0.25) is 0 Å². The summed E-state index contributed by atoms with van der Waals surface area (Å²) in [5.41, 5.74) is 0.133. The van der Waals surface area contributed by atoms with Crippen molar-refractivity contribution in [3.8, 4) is 0 Å². The molecule has 0 heterocycles. The fourth-order valence-corrected chi connectivity index (χ4v) is 5.10. The first-order valence-electron chi connectivity index (χ1n) is 6.25. The Kier molecular flexibility index (Phi) is 4.06. The van der Waals surface area contributed by atoms with Crippen molar-refractivity contribution in [2.45, 2.75) is 0 Å². The number of nitro groups is 1. The molecule has 3 nitrogen and oxygen atoms in total. The Morgan fingerprint density at radius 2 is 1.62 bits per heavy atom. The Balaban J connectivity index is 2.00. The van der Waals surface area contributed by atoms with Crippen LogP contribution in [0.2, 0.25) is 0 Å². The number of hydrogen-bond donors (Lipinski definition) is 0. The van der Waals surface area contributed by atoms with Gasteiger partial charge in [-0.05, 0) is 0 Å².